The number of aliphatic hydroxyl groups is 1. The number of rotatable bonds is 7. The van der Waals surface area contributed by atoms with E-state index in [2.05, 4.69) is 25.6 Å². The number of aryl methyl sites for hydroxylation is 1. The van der Waals surface area contributed by atoms with Gasteiger partial charge in [0, 0.05) is 31.5 Å². The second kappa shape index (κ2) is 7.42. The van der Waals surface area contributed by atoms with Crippen LogP contribution in [0.1, 0.15) is 51.0 Å². The van der Waals surface area contributed by atoms with Gasteiger partial charge in [0.05, 0.1) is 11.5 Å². The van der Waals surface area contributed by atoms with Crippen LogP contribution in [0.25, 0.3) is 0 Å². The summed E-state index contributed by atoms with van der Waals surface area (Å²) >= 11 is 0. The van der Waals surface area contributed by atoms with Gasteiger partial charge in [-0.2, -0.15) is 0 Å². The first-order valence-corrected chi connectivity index (χ1v) is 10.9. The molecular weight excluding hydrogens is 348 g/mol. The van der Waals surface area contributed by atoms with Crippen molar-refractivity contribution in [3.05, 3.63) is 48.0 Å². The average Bonchev–Trinajstić information content (AvgIpc) is 3.41. The fourth-order valence-corrected chi connectivity index (χ4v) is 7.16. The largest absolute Gasteiger partial charge is 0.396 e. The highest BCUT2D eigenvalue weighted by Crippen LogP contribution is 2.73. The summed E-state index contributed by atoms with van der Waals surface area (Å²) in [6, 6.07) is 10.3. The molecule has 0 radical (unpaired) electrons. The summed E-state index contributed by atoms with van der Waals surface area (Å²) in [6.07, 6.45) is 6.73. The molecule has 3 fully saturated rings. The zero-order chi connectivity index (χ0) is 19.9. The van der Waals surface area contributed by atoms with Gasteiger partial charge in [0.2, 0.25) is 0 Å². The Balaban J connectivity index is 1.71. The van der Waals surface area contributed by atoms with E-state index in [1.807, 2.05) is 18.2 Å². The monoisotopic (exact) mass is 382 g/mol. The Morgan fingerprint density at radius 1 is 1.25 bits per heavy atom. The molecule has 5 atom stereocenters. The predicted molar refractivity (Wildman–Crippen MR) is 111 cm³/mol. The first-order chi connectivity index (χ1) is 13.5. The van der Waals surface area contributed by atoms with Crippen molar-refractivity contribution in [2.24, 2.45) is 28.6 Å². The van der Waals surface area contributed by atoms with E-state index < -0.39 is 5.41 Å². The molecule has 0 amide bonds. The van der Waals surface area contributed by atoms with Crippen LogP contribution in [0.4, 0.5) is 0 Å². The van der Waals surface area contributed by atoms with E-state index >= 15 is 0 Å². The van der Waals surface area contributed by atoms with Crippen molar-refractivity contribution in [3.8, 4) is 0 Å². The first-order valence-electron chi connectivity index (χ1n) is 10.9. The number of hydrogen-bond acceptors (Lipinski definition) is 3. The summed E-state index contributed by atoms with van der Waals surface area (Å²) in [7, 11) is 1.74. The summed E-state index contributed by atoms with van der Waals surface area (Å²) < 4.78 is 6.04. The number of methoxy groups -OCH3 is 1. The molecule has 3 aliphatic carbocycles. The third-order valence-electron chi connectivity index (χ3n) is 8.54. The zero-order valence-corrected chi connectivity index (χ0v) is 17.3. The molecule has 3 aliphatic rings. The Kier molecular flexibility index (Phi) is 5.26. The van der Waals surface area contributed by atoms with Crippen molar-refractivity contribution in [1.82, 2.24) is 0 Å². The molecule has 0 unspecified atom stereocenters. The smallest absolute Gasteiger partial charge is 0.142 e. The Morgan fingerprint density at radius 3 is 2.54 bits per heavy atom. The lowest BCUT2D eigenvalue weighted by atomic mass is 9.52. The molecule has 1 N–H and O–H groups in total. The lowest BCUT2D eigenvalue weighted by Crippen LogP contribution is -2.52. The molecule has 0 heterocycles. The van der Waals surface area contributed by atoms with Gasteiger partial charge < -0.3 is 9.84 Å². The van der Waals surface area contributed by atoms with Crippen LogP contribution in [0.2, 0.25) is 0 Å². The number of hydrogen-bond donors (Lipinski definition) is 1. The summed E-state index contributed by atoms with van der Waals surface area (Å²) in [6.45, 7) is 6.94. The molecule has 28 heavy (non-hydrogen) atoms. The number of carbonyl (C=O) groups excluding carboxylic acids is 1. The third kappa shape index (κ3) is 2.59. The number of ether oxygens (including phenoxy) is 1. The van der Waals surface area contributed by atoms with Gasteiger partial charge in [0.25, 0.3) is 0 Å². The Morgan fingerprint density at radius 2 is 1.93 bits per heavy atom. The van der Waals surface area contributed by atoms with Crippen LogP contribution in [0, 0.1) is 28.6 Å². The van der Waals surface area contributed by atoms with Crippen molar-refractivity contribution in [1.29, 1.82) is 0 Å². The van der Waals surface area contributed by atoms with E-state index in [-0.39, 0.29) is 30.0 Å². The second-order valence-electron chi connectivity index (χ2n) is 9.42. The molecule has 0 aliphatic heterocycles. The molecule has 3 nitrogen and oxygen atoms in total. The zero-order valence-electron chi connectivity index (χ0n) is 17.3. The third-order valence-corrected chi connectivity index (χ3v) is 8.54. The van der Waals surface area contributed by atoms with Gasteiger partial charge >= 0.3 is 0 Å². The predicted octanol–water partition coefficient (Wildman–Crippen LogP) is 4.58. The van der Waals surface area contributed by atoms with Gasteiger partial charge in [-0.1, -0.05) is 62.2 Å². The fourth-order valence-electron chi connectivity index (χ4n) is 7.16. The molecule has 2 bridgehead atoms. The van der Waals surface area contributed by atoms with Crippen molar-refractivity contribution >= 4 is 5.78 Å². The number of ketones is 1. The summed E-state index contributed by atoms with van der Waals surface area (Å²) in [4.78, 5) is 13.9. The van der Waals surface area contributed by atoms with E-state index in [0.717, 1.165) is 12.8 Å². The van der Waals surface area contributed by atoms with Crippen molar-refractivity contribution < 1.29 is 14.6 Å². The van der Waals surface area contributed by atoms with Crippen LogP contribution in [0.3, 0.4) is 0 Å². The Bertz CT molecular complexity index is 735. The van der Waals surface area contributed by atoms with Gasteiger partial charge in [-0.05, 0) is 43.1 Å². The normalized spacial score (nSPS) is 37.7. The summed E-state index contributed by atoms with van der Waals surface area (Å²) in [5, 5.41) is 10.1. The minimum Gasteiger partial charge on any atom is -0.396 e. The van der Waals surface area contributed by atoms with Gasteiger partial charge in [-0.3, -0.25) is 4.79 Å². The second-order valence-corrected chi connectivity index (χ2v) is 9.42. The Labute approximate surface area is 169 Å². The number of aliphatic hydroxyl groups excluding tert-OH is 1. The molecule has 0 saturated heterocycles. The SMILES string of the molecule is C=C1[C@H]2[C@@H](CO)C[C@](C(=O)CCc3ccccc3)([C@@H]2OC)[C@]1(C)C1CCCC1. The number of carbonyl (C=O) groups is 1. The minimum atomic E-state index is -0.541. The van der Waals surface area contributed by atoms with Crippen LogP contribution in [-0.4, -0.2) is 30.7 Å². The summed E-state index contributed by atoms with van der Waals surface area (Å²) in [5.74, 6) is 1.01. The van der Waals surface area contributed by atoms with Crippen LogP contribution < -0.4 is 0 Å². The Hall–Kier alpha value is -1.45. The maximum absolute atomic E-state index is 13.9. The minimum absolute atomic E-state index is 0.0904. The van der Waals surface area contributed by atoms with Crippen molar-refractivity contribution in [2.75, 3.05) is 13.7 Å². The quantitative estimate of drug-likeness (QED) is 0.702. The highest BCUT2D eigenvalue weighted by atomic mass is 16.5. The van der Waals surface area contributed by atoms with Crippen molar-refractivity contribution in [2.45, 2.75) is 58.0 Å². The molecule has 0 aromatic heterocycles. The van der Waals surface area contributed by atoms with Crippen LogP contribution in [0.15, 0.2) is 42.5 Å². The van der Waals surface area contributed by atoms with E-state index in [1.54, 1.807) is 7.11 Å². The summed E-state index contributed by atoms with van der Waals surface area (Å²) in [5.41, 5.74) is 1.62. The molecule has 0 spiro atoms. The van der Waals surface area contributed by atoms with Gasteiger partial charge in [0.1, 0.15) is 5.78 Å². The number of benzene rings is 1. The van der Waals surface area contributed by atoms with E-state index in [9.17, 15) is 9.90 Å². The molecule has 3 heteroatoms. The number of Topliss-reactive ketones (excluding diaryl/α,β-unsaturated/α-hetero) is 1. The van der Waals surface area contributed by atoms with Crippen LogP contribution in [-0.2, 0) is 16.0 Å². The van der Waals surface area contributed by atoms with Crippen molar-refractivity contribution in [3.63, 3.8) is 0 Å². The van der Waals surface area contributed by atoms with E-state index in [4.69, 9.17) is 4.74 Å². The molecule has 3 saturated carbocycles. The maximum Gasteiger partial charge on any atom is 0.142 e. The fraction of sp³-hybridized carbons (Fsp3) is 0.640. The van der Waals surface area contributed by atoms with Crippen LogP contribution in [0.5, 0.6) is 0 Å². The van der Waals surface area contributed by atoms with Crippen LogP contribution >= 0.6 is 0 Å². The standard InChI is InChI=1S/C25H34O3/c1-17-22-19(16-26)15-25(23(22)28-3,24(17,2)20-11-7-8-12-20)21(27)14-13-18-9-5-4-6-10-18/h4-6,9-10,19-20,22-23,26H,1,7-8,11-16H2,2-3H3/t19-,22+,23-,24+,25+/m1/s1. The van der Waals surface area contributed by atoms with E-state index in [1.165, 1.54) is 36.8 Å². The molecule has 152 valence electrons. The van der Waals surface area contributed by atoms with Gasteiger partial charge in [0.15, 0.2) is 0 Å². The molecule has 1 aromatic rings. The highest BCUT2D eigenvalue weighted by molar-refractivity contribution is 5.89. The van der Waals surface area contributed by atoms with Gasteiger partial charge in [-0.25, -0.2) is 0 Å². The topological polar surface area (TPSA) is 46.5 Å². The lowest BCUT2D eigenvalue weighted by molar-refractivity contribution is -0.145. The highest BCUT2D eigenvalue weighted by Gasteiger charge is 2.74. The molecule has 1 aromatic carbocycles. The van der Waals surface area contributed by atoms with Gasteiger partial charge in [-0.15, -0.1) is 0 Å². The number of fused-ring (bicyclic) bond motifs is 2. The maximum atomic E-state index is 13.9. The first kappa shape index (κ1) is 19.8. The lowest BCUT2D eigenvalue weighted by Gasteiger charge is -2.50. The molecular formula is C25H34O3. The average molecular weight is 383 g/mol. The van der Waals surface area contributed by atoms with E-state index in [0.29, 0.717) is 18.1 Å². The molecule has 4 rings (SSSR count).